The fraction of sp³-hybridized carbons (Fsp3) is 0.318. The van der Waals surface area contributed by atoms with E-state index in [1.807, 2.05) is 36.6 Å². The van der Waals surface area contributed by atoms with E-state index >= 15 is 0 Å². The van der Waals surface area contributed by atoms with E-state index in [0.717, 1.165) is 42.2 Å². The second-order valence-electron chi connectivity index (χ2n) is 7.31. The van der Waals surface area contributed by atoms with E-state index in [1.54, 1.807) is 24.3 Å². The lowest BCUT2D eigenvalue weighted by Gasteiger charge is -2.21. The Balaban J connectivity index is 0.00000171. The maximum atomic E-state index is 12.8. The van der Waals surface area contributed by atoms with E-state index in [9.17, 15) is 9.59 Å². The quantitative estimate of drug-likeness (QED) is 0.550. The minimum Gasteiger partial charge on any atom is -0.427 e. The lowest BCUT2D eigenvalue weighted by atomic mass is 9.94. The highest BCUT2D eigenvalue weighted by molar-refractivity contribution is 7.09. The van der Waals surface area contributed by atoms with E-state index in [-0.39, 0.29) is 36.3 Å². The molecule has 9 heteroatoms. The summed E-state index contributed by atoms with van der Waals surface area (Å²) in [5, 5.41) is 9.09. The first-order chi connectivity index (χ1) is 14.0. The molecule has 0 radical (unpaired) electrons. The average molecular weight is 482 g/mol. The molecule has 1 aliphatic heterocycles. The first-order valence-corrected chi connectivity index (χ1v) is 10.6. The Bertz CT molecular complexity index is 1110. The number of anilines is 1. The Kier molecular flexibility index (Phi) is 8.82. The van der Waals surface area contributed by atoms with Crippen molar-refractivity contribution in [1.29, 1.82) is 0 Å². The molecule has 166 valence electrons. The number of nitrogens with one attached hydrogen (secondary N) is 2. The number of aryl methyl sites for hydroxylation is 2. The fourth-order valence-electron chi connectivity index (χ4n) is 3.66. The minimum atomic E-state index is -0.581. The third kappa shape index (κ3) is 5.74. The number of benzene rings is 1. The van der Waals surface area contributed by atoms with Crippen LogP contribution < -0.4 is 16.3 Å². The van der Waals surface area contributed by atoms with Crippen LogP contribution in [-0.4, -0.2) is 24.0 Å². The smallest absolute Gasteiger partial charge is 0.349 e. The van der Waals surface area contributed by atoms with Crippen LogP contribution in [0, 0.1) is 13.8 Å². The van der Waals surface area contributed by atoms with Crippen LogP contribution in [0.3, 0.4) is 0 Å². The molecule has 6 nitrogen and oxygen atoms in total. The van der Waals surface area contributed by atoms with Gasteiger partial charge in [0, 0.05) is 22.5 Å². The van der Waals surface area contributed by atoms with E-state index < -0.39 is 11.5 Å². The molecule has 3 heterocycles. The molecule has 0 atom stereocenters. The van der Waals surface area contributed by atoms with Crippen LogP contribution >= 0.6 is 36.2 Å². The number of carbonyl (C=O) groups is 1. The number of hydrogen-bond acceptors (Lipinski definition) is 6. The number of aromatic nitrogens is 1. The Hall–Kier alpha value is -2.19. The zero-order chi connectivity index (χ0) is 20.4. The standard InChI is InChI=1S/C22H23N3O3S.2ClH/c1-13-10-19(15-6-8-23-9-7-15)28-22(27)20(13)21(26)25-17-5-3-4-16(11-17)18-12-29-14(2)24-18;;/h3-5,10-12,15,23H,6-9H2,1-2H3,(H,25,26);2*1H. The van der Waals surface area contributed by atoms with Crippen molar-refractivity contribution in [2.45, 2.75) is 32.6 Å². The lowest BCUT2D eigenvalue weighted by molar-refractivity contribution is 0.102. The normalized spacial score (nSPS) is 13.7. The van der Waals surface area contributed by atoms with Crippen LogP contribution in [0.5, 0.6) is 0 Å². The van der Waals surface area contributed by atoms with E-state index in [4.69, 9.17) is 4.42 Å². The van der Waals surface area contributed by atoms with E-state index in [2.05, 4.69) is 15.6 Å². The number of piperidine rings is 1. The molecule has 1 saturated heterocycles. The van der Waals surface area contributed by atoms with Gasteiger partial charge in [0.2, 0.25) is 0 Å². The molecule has 0 bridgehead atoms. The van der Waals surface area contributed by atoms with Crippen LogP contribution in [0.4, 0.5) is 5.69 Å². The predicted molar refractivity (Wildman–Crippen MR) is 129 cm³/mol. The van der Waals surface area contributed by atoms with Gasteiger partial charge < -0.3 is 15.1 Å². The van der Waals surface area contributed by atoms with Gasteiger partial charge >= 0.3 is 5.63 Å². The number of halogens is 2. The van der Waals surface area contributed by atoms with E-state index in [1.165, 1.54) is 0 Å². The highest BCUT2D eigenvalue weighted by atomic mass is 35.5. The van der Waals surface area contributed by atoms with Crippen LogP contribution in [-0.2, 0) is 0 Å². The zero-order valence-corrected chi connectivity index (χ0v) is 19.7. The van der Waals surface area contributed by atoms with Crippen molar-refractivity contribution in [3.63, 3.8) is 0 Å². The van der Waals surface area contributed by atoms with Gasteiger partial charge in [-0.1, -0.05) is 12.1 Å². The first-order valence-electron chi connectivity index (χ1n) is 9.70. The van der Waals surface area contributed by atoms with Crippen LogP contribution in [0.2, 0.25) is 0 Å². The number of amides is 1. The second kappa shape index (κ2) is 10.9. The summed E-state index contributed by atoms with van der Waals surface area (Å²) in [4.78, 5) is 29.9. The molecule has 0 saturated carbocycles. The highest BCUT2D eigenvalue weighted by Gasteiger charge is 2.22. The van der Waals surface area contributed by atoms with Gasteiger partial charge in [-0.15, -0.1) is 36.2 Å². The van der Waals surface area contributed by atoms with Crippen LogP contribution in [0.25, 0.3) is 11.3 Å². The van der Waals surface area contributed by atoms with Gasteiger partial charge in [-0.3, -0.25) is 4.79 Å². The summed E-state index contributed by atoms with van der Waals surface area (Å²) < 4.78 is 5.53. The summed E-state index contributed by atoms with van der Waals surface area (Å²) in [6.45, 7) is 5.55. The largest absolute Gasteiger partial charge is 0.427 e. The summed E-state index contributed by atoms with van der Waals surface area (Å²) in [6, 6.07) is 9.28. The van der Waals surface area contributed by atoms with Gasteiger partial charge in [-0.05, 0) is 63.5 Å². The molecule has 2 N–H and O–H groups in total. The van der Waals surface area contributed by atoms with Gasteiger partial charge in [0.1, 0.15) is 11.3 Å². The lowest BCUT2D eigenvalue weighted by Crippen LogP contribution is -2.28. The predicted octanol–water partition coefficient (Wildman–Crippen LogP) is 4.94. The van der Waals surface area contributed by atoms with Gasteiger partial charge in [0.05, 0.1) is 10.7 Å². The molecule has 1 aliphatic rings. The van der Waals surface area contributed by atoms with E-state index in [0.29, 0.717) is 17.0 Å². The summed E-state index contributed by atoms with van der Waals surface area (Å²) in [7, 11) is 0. The van der Waals surface area contributed by atoms with Gasteiger partial charge in [-0.25, -0.2) is 9.78 Å². The fourth-order valence-corrected chi connectivity index (χ4v) is 4.28. The van der Waals surface area contributed by atoms with Crippen molar-refractivity contribution in [1.82, 2.24) is 10.3 Å². The minimum absolute atomic E-state index is 0. The molecule has 1 amide bonds. The molecule has 0 unspecified atom stereocenters. The van der Waals surface area contributed by atoms with Crippen molar-refractivity contribution >= 4 is 47.7 Å². The van der Waals surface area contributed by atoms with Crippen molar-refractivity contribution in [2.24, 2.45) is 0 Å². The highest BCUT2D eigenvalue weighted by Crippen LogP contribution is 2.26. The molecule has 2 aromatic heterocycles. The van der Waals surface area contributed by atoms with Crippen LogP contribution in [0.15, 0.2) is 44.9 Å². The molecular weight excluding hydrogens is 457 g/mol. The Morgan fingerprint density at radius 2 is 1.94 bits per heavy atom. The molecule has 1 fully saturated rings. The van der Waals surface area contributed by atoms with Gasteiger partial charge in [0.15, 0.2) is 0 Å². The van der Waals surface area contributed by atoms with Gasteiger partial charge in [-0.2, -0.15) is 0 Å². The first kappa shape index (κ1) is 25.1. The molecule has 1 aromatic carbocycles. The van der Waals surface area contributed by atoms with Gasteiger partial charge in [0.25, 0.3) is 5.91 Å². The number of hydrogen-bond donors (Lipinski definition) is 2. The molecular formula is C22H25Cl2N3O3S. The Morgan fingerprint density at radius 3 is 2.58 bits per heavy atom. The number of nitrogens with zero attached hydrogens (tertiary/aromatic N) is 1. The summed E-state index contributed by atoms with van der Waals surface area (Å²) in [5.41, 5.74) is 2.50. The van der Waals surface area contributed by atoms with Crippen molar-refractivity contribution in [3.8, 4) is 11.3 Å². The molecule has 4 rings (SSSR count). The van der Waals surface area contributed by atoms with Crippen LogP contribution in [0.1, 0.15) is 45.4 Å². The zero-order valence-electron chi connectivity index (χ0n) is 17.3. The monoisotopic (exact) mass is 481 g/mol. The second-order valence-corrected chi connectivity index (χ2v) is 8.37. The third-order valence-electron chi connectivity index (χ3n) is 5.17. The van der Waals surface area contributed by atoms with Crippen molar-refractivity contribution < 1.29 is 9.21 Å². The average Bonchev–Trinajstić information content (AvgIpc) is 3.15. The Morgan fingerprint density at radius 1 is 1.19 bits per heavy atom. The summed E-state index contributed by atoms with van der Waals surface area (Å²) in [5.74, 6) is 0.434. The number of carbonyl (C=O) groups excluding carboxylic acids is 1. The number of rotatable bonds is 4. The number of thiazole rings is 1. The topological polar surface area (TPSA) is 84.2 Å². The molecule has 31 heavy (non-hydrogen) atoms. The maximum absolute atomic E-state index is 12.8. The molecule has 0 aliphatic carbocycles. The third-order valence-corrected chi connectivity index (χ3v) is 5.95. The Labute approximate surface area is 197 Å². The molecule has 3 aromatic rings. The van der Waals surface area contributed by atoms with Crippen molar-refractivity contribution in [2.75, 3.05) is 18.4 Å². The maximum Gasteiger partial charge on any atom is 0.349 e. The summed E-state index contributed by atoms with van der Waals surface area (Å²) in [6.07, 6.45) is 1.85. The van der Waals surface area contributed by atoms with Crippen molar-refractivity contribution in [3.05, 3.63) is 68.0 Å². The SMILES string of the molecule is Cc1nc(-c2cccc(NC(=O)c3c(C)cc(C4CCNCC4)oc3=O)c2)cs1.Cl.Cl. The molecule has 0 spiro atoms. The summed E-state index contributed by atoms with van der Waals surface area (Å²) >= 11 is 1.58.